The highest BCUT2D eigenvalue weighted by Crippen LogP contribution is 2.28. The van der Waals surface area contributed by atoms with Crippen LogP contribution in [0.1, 0.15) is 18.4 Å². The summed E-state index contributed by atoms with van der Waals surface area (Å²) in [6, 6.07) is 5.27. The molecule has 1 aliphatic heterocycles. The number of rotatable bonds is 5. The average Bonchev–Trinajstić information content (AvgIpc) is 2.50. The summed E-state index contributed by atoms with van der Waals surface area (Å²) in [5.41, 5.74) is 1.70. The minimum absolute atomic E-state index is 0.0161. The molecule has 0 aromatic heterocycles. The van der Waals surface area contributed by atoms with Gasteiger partial charge in [-0.05, 0) is 50.6 Å². The minimum Gasteiger partial charge on any atom is -0.384 e. The number of benzene rings is 1. The van der Waals surface area contributed by atoms with E-state index in [1.54, 1.807) is 13.2 Å². The van der Waals surface area contributed by atoms with Crippen molar-refractivity contribution in [3.05, 3.63) is 28.8 Å². The van der Waals surface area contributed by atoms with Crippen LogP contribution in [-0.4, -0.2) is 39.4 Å². The second-order valence-corrected chi connectivity index (χ2v) is 6.36. The number of carbonyl (C=O) groups excluding carboxylic acids is 1. The standard InChI is InChI=1S/C16H24ClN3O2/c1-12-3-4-13(9-14(12)17)20-15(21)19-10-16(11-22-2)5-7-18-8-6-16/h3-4,9,18H,5-8,10-11H2,1-2H3,(H2,19,20,21). The van der Waals surface area contributed by atoms with Gasteiger partial charge in [0.2, 0.25) is 0 Å². The van der Waals surface area contributed by atoms with Crippen LogP contribution in [0.3, 0.4) is 0 Å². The Morgan fingerprint density at radius 1 is 1.41 bits per heavy atom. The number of hydrogen-bond donors (Lipinski definition) is 3. The van der Waals surface area contributed by atoms with Crippen molar-refractivity contribution in [2.24, 2.45) is 5.41 Å². The Bertz CT molecular complexity index is 511. The van der Waals surface area contributed by atoms with Crippen molar-refractivity contribution in [3.8, 4) is 0 Å². The first-order valence-corrected chi connectivity index (χ1v) is 7.93. The summed E-state index contributed by atoms with van der Waals surface area (Å²) in [7, 11) is 1.71. The van der Waals surface area contributed by atoms with Crippen LogP contribution in [0.5, 0.6) is 0 Å². The summed E-state index contributed by atoms with van der Waals surface area (Å²) in [5, 5.41) is 9.76. The van der Waals surface area contributed by atoms with E-state index in [0.29, 0.717) is 23.9 Å². The molecule has 22 heavy (non-hydrogen) atoms. The molecule has 0 radical (unpaired) electrons. The fourth-order valence-electron chi connectivity index (χ4n) is 2.75. The van der Waals surface area contributed by atoms with Gasteiger partial charge in [0.15, 0.2) is 0 Å². The third kappa shape index (κ3) is 4.60. The maximum Gasteiger partial charge on any atom is 0.319 e. The van der Waals surface area contributed by atoms with Crippen LogP contribution in [0.2, 0.25) is 5.02 Å². The Morgan fingerprint density at radius 3 is 2.77 bits per heavy atom. The second kappa shape index (κ2) is 7.81. The SMILES string of the molecule is COCC1(CNC(=O)Nc2ccc(C)c(Cl)c2)CCNCC1. The van der Waals surface area contributed by atoms with E-state index < -0.39 is 0 Å². The molecule has 0 aliphatic carbocycles. The molecule has 1 aromatic rings. The van der Waals surface area contributed by atoms with Gasteiger partial charge in [0.1, 0.15) is 0 Å². The van der Waals surface area contributed by atoms with Crippen molar-refractivity contribution < 1.29 is 9.53 Å². The molecular weight excluding hydrogens is 302 g/mol. The normalized spacial score (nSPS) is 17.0. The Morgan fingerprint density at radius 2 is 2.14 bits per heavy atom. The number of piperidine rings is 1. The van der Waals surface area contributed by atoms with Crippen LogP contribution in [-0.2, 0) is 4.74 Å². The molecule has 1 heterocycles. The molecule has 1 aliphatic rings. The molecule has 2 rings (SSSR count). The van der Waals surface area contributed by atoms with E-state index in [1.807, 2.05) is 19.1 Å². The molecule has 3 N–H and O–H groups in total. The number of ether oxygens (including phenoxy) is 1. The summed E-state index contributed by atoms with van der Waals surface area (Å²) in [5.74, 6) is 0. The predicted molar refractivity (Wildman–Crippen MR) is 89.6 cm³/mol. The van der Waals surface area contributed by atoms with E-state index in [2.05, 4.69) is 16.0 Å². The molecule has 0 unspecified atom stereocenters. The zero-order chi connectivity index (χ0) is 16.0. The van der Waals surface area contributed by atoms with Crippen LogP contribution in [0.25, 0.3) is 0 Å². The van der Waals surface area contributed by atoms with Crippen molar-refractivity contribution in [2.45, 2.75) is 19.8 Å². The number of nitrogens with one attached hydrogen (secondary N) is 3. The maximum absolute atomic E-state index is 12.1. The highest BCUT2D eigenvalue weighted by molar-refractivity contribution is 6.31. The first-order chi connectivity index (χ1) is 10.5. The highest BCUT2D eigenvalue weighted by Gasteiger charge is 2.32. The van der Waals surface area contributed by atoms with Gasteiger partial charge in [-0.1, -0.05) is 17.7 Å². The van der Waals surface area contributed by atoms with E-state index >= 15 is 0 Å². The van der Waals surface area contributed by atoms with Gasteiger partial charge in [-0.2, -0.15) is 0 Å². The Kier molecular flexibility index (Phi) is 6.06. The van der Waals surface area contributed by atoms with Crippen LogP contribution in [0.4, 0.5) is 10.5 Å². The third-order valence-electron chi connectivity index (χ3n) is 4.17. The second-order valence-electron chi connectivity index (χ2n) is 5.95. The van der Waals surface area contributed by atoms with E-state index in [0.717, 1.165) is 31.5 Å². The number of amides is 2. The summed E-state index contributed by atoms with van der Waals surface area (Å²) in [6.07, 6.45) is 1.99. The lowest BCUT2D eigenvalue weighted by molar-refractivity contribution is 0.0558. The predicted octanol–water partition coefficient (Wildman–Crippen LogP) is 2.79. The maximum atomic E-state index is 12.1. The van der Waals surface area contributed by atoms with Gasteiger partial charge >= 0.3 is 6.03 Å². The van der Waals surface area contributed by atoms with Crippen molar-refractivity contribution in [1.29, 1.82) is 0 Å². The van der Waals surface area contributed by atoms with Gasteiger partial charge in [0, 0.05) is 29.8 Å². The number of methoxy groups -OCH3 is 1. The smallest absolute Gasteiger partial charge is 0.319 e. The quantitative estimate of drug-likeness (QED) is 0.780. The summed E-state index contributed by atoms with van der Waals surface area (Å²) in [4.78, 5) is 12.1. The Labute approximate surface area is 136 Å². The van der Waals surface area contributed by atoms with Gasteiger partial charge in [-0.25, -0.2) is 4.79 Å². The van der Waals surface area contributed by atoms with Crippen molar-refractivity contribution in [3.63, 3.8) is 0 Å². The van der Waals surface area contributed by atoms with E-state index in [4.69, 9.17) is 16.3 Å². The first-order valence-electron chi connectivity index (χ1n) is 7.55. The van der Waals surface area contributed by atoms with Gasteiger partial charge in [-0.3, -0.25) is 0 Å². The van der Waals surface area contributed by atoms with E-state index in [9.17, 15) is 4.79 Å². The van der Waals surface area contributed by atoms with Crippen LogP contribution in [0.15, 0.2) is 18.2 Å². The van der Waals surface area contributed by atoms with Gasteiger partial charge < -0.3 is 20.7 Å². The molecule has 122 valence electrons. The monoisotopic (exact) mass is 325 g/mol. The lowest BCUT2D eigenvalue weighted by Crippen LogP contribution is -2.47. The van der Waals surface area contributed by atoms with Gasteiger partial charge in [0.05, 0.1) is 6.61 Å². The number of halogens is 1. The summed E-state index contributed by atoms with van der Waals surface area (Å²) >= 11 is 6.06. The molecule has 1 fully saturated rings. The zero-order valence-electron chi connectivity index (χ0n) is 13.2. The van der Waals surface area contributed by atoms with Crippen molar-refractivity contribution in [1.82, 2.24) is 10.6 Å². The Hall–Kier alpha value is -1.30. The molecule has 0 bridgehead atoms. The number of urea groups is 1. The minimum atomic E-state index is -0.214. The molecular formula is C16H24ClN3O2. The van der Waals surface area contributed by atoms with Crippen LogP contribution >= 0.6 is 11.6 Å². The molecule has 6 heteroatoms. The average molecular weight is 326 g/mol. The van der Waals surface area contributed by atoms with Crippen LogP contribution < -0.4 is 16.0 Å². The first kappa shape index (κ1) is 17.1. The zero-order valence-corrected chi connectivity index (χ0v) is 13.9. The van der Waals surface area contributed by atoms with E-state index in [-0.39, 0.29) is 11.4 Å². The topological polar surface area (TPSA) is 62.4 Å². The molecule has 5 nitrogen and oxygen atoms in total. The number of carbonyl (C=O) groups is 1. The molecule has 2 amide bonds. The van der Waals surface area contributed by atoms with Crippen molar-refractivity contribution >= 4 is 23.3 Å². The molecule has 0 spiro atoms. The molecule has 1 aromatic carbocycles. The summed E-state index contributed by atoms with van der Waals surface area (Å²) in [6.45, 7) is 5.11. The number of aryl methyl sites for hydroxylation is 1. The van der Waals surface area contributed by atoms with Crippen molar-refractivity contribution in [2.75, 3.05) is 38.7 Å². The largest absolute Gasteiger partial charge is 0.384 e. The van der Waals surface area contributed by atoms with E-state index in [1.165, 1.54) is 0 Å². The molecule has 1 saturated heterocycles. The fourth-order valence-corrected chi connectivity index (χ4v) is 2.93. The van der Waals surface area contributed by atoms with Crippen LogP contribution in [0, 0.1) is 12.3 Å². The highest BCUT2D eigenvalue weighted by atomic mass is 35.5. The summed E-state index contributed by atoms with van der Waals surface area (Å²) < 4.78 is 5.35. The molecule has 0 saturated carbocycles. The lowest BCUT2D eigenvalue weighted by atomic mass is 9.79. The number of hydrogen-bond acceptors (Lipinski definition) is 3. The third-order valence-corrected chi connectivity index (χ3v) is 4.58. The Balaban J connectivity index is 1.89. The fraction of sp³-hybridized carbons (Fsp3) is 0.562. The van der Waals surface area contributed by atoms with Gasteiger partial charge in [0.25, 0.3) is 0 Å². The van der Waals surface area contributed by atoms with Gasteiger partial charge in [-0.15, -0.1) is 0 Å². The molecule has 0 atom stereocenters. The lowest BCUT2D eigenvalue weighted by Gasteiger charge is -2.37. The number of anilines is 1.